The Kier molecular flexibility index (Phi) is 7.90. The summed E-state index contributed by atoms with van der Waals surface area (Å²) in [5.74, 6) is -0.648. The van der Waals surface area contributed by atoms with Gasteiger partial charge in [-0.15, -0.1) is 11.8 Å². The van der Waals surface area contributed by atoms with Crippen molar-refractivity contribution < 1.29 is 14.3 Å². The highest BCUT2D eigenvalue weighted by atomic mass is 32.2. The fourth-order valence-corrected chi connectivity index (χ4v) is 3.23. The SMILES string of the molecule is Cc1ccc(N(CCC#N)C(=O)COC(=O)CSc2ccccc2C)cc1. The minimum Gasteiger partial charge on any atom is -0.455 e. The van der Waals surface area contributed by atoms with E-state index in [0.717, 1.165) is 16.0 Å². The number of aryl methyl sites for hydroxylation is 2. The number of amides is 1. The molecule has 0 aliphatic carbocycles. The van der Waals surface area contributed by atoms with Crippen molar-refractivity contribution >= 4 is 29.3 Å². The third kappa shape index (κ3) is 6.46. The van der Waals surface area contributed by atoms with Crippen molar-refractivity contribution in [2.75, 3.05) is 23.8 Å². The number of thioether (sulfide) groups is 1. The predicted octanol–water partition coefficient (Wildman–Crippen LogP) is 3.89. The first-order valence-electron chi connectivity index (χ1n) is 8.59. The third-order valence-corrected chi connectivity index (χ3v) is 5.04. The molecule has 27 heavy (non-hydrogen) atoms. The van der Waals surface area contributed by atoms with Gasteiger partial charge in [-0.05, 0) is 37.6 Å². The average Bonchev–Trinajstić information content (AvgIpc) is 2.67. The van der Waals surface area contributed by atoms with Crippen LogP contribution in [-0.4, -0.2) is 30.8 Å². The third-order valence-electron chi connectivity index (χ3n) is 3.89. The second-order valence-corrected chi connectivity index (χ2v) is 7.02. The van der Waals surface area contributed by atoms with Gasteiger partial charge in [0.2, 0.25) is 0 Å². The average molecular weight is 382 g/mol. The van der Waals surface area contributed by atoms with E-state index in [9.17, 15) is 9.59 Å². The lowest BCUT2D eigenvalue weighted by molar-refractivity contribution is -0.145. The molecule has 0 saturated carbocycles. The fourth-order valence-electron chi connectivity index (χ4n) is 2.40. The molecule has 0 radical (unpaired) electrons. The molecule has 0 saturated heterocycles. The maximum Gasteiger partial charge on any atom is 0.316 e. The summed E-state index contributed by atoms with van der Waals surface area (Å²) in [5.41, 5.74) is 2.85. The van der Waals surface area contributed by atoms with Crippen LogP contribution in [0.2, 0.25) is 0 Å². The molecule has 0 aromatic heterocycles. The first-order chi connectivity index (χ1) is 13.0. The van der Waals surface area contributed by atoms with Crippen LogP contribution in [0.15, 0.2) is 53.4 Å². The molecule has 140 valence electrons. The number of ether oxygens (including phenoxy) is 1. The summed E-state index contributed by atoms with van der Waals surface area (Å²) in [6.07, 6.45) is 0.205. The first kappa shape index (κ1) is 20.5. The van der Waals surface area contributed by atoms with Gasteiger partial charge >= 0.3 is 5.97 Å². The van der Waals surface area contributed by atoms with Crippen molar-refractivity contribution in [1.29, 1.82) is 5.26 Å². The van der Waals surface area contributed by atoms with Crippen LogP contribution in [0.25, 0.3) is 0 Å². The molecule has 5 nitrogen and oxygen atoms in total. The molecule has 0 spiro atoms. The molecule has 0 fully saturated rings. The van der Waals surface area contributed by atoms with E-state index in [2.05, 4.69) is 0 Å². The smallest absolute Gasteiger partial charge is 0.316 e. The van der Waals surface area contributed by atoms with Gasteiger partial charge in [0.25, 0.3) is 5.91 Å². The normalized spacial score (nSPS) is 10.1. The molecule has 0 atom stereocenters. The molecule has 1 amide bonds. The number of benzene rings is 2. The predicted molar refractivity (Wildman–Crippen MR) is 107 cm³/mol. The van der Waals surface area contributed by atoms with E-state index in [1.807, 2.05) is 68.4 Å². The summed E-state index contributed by atoms with van der Waals surface area (Å²) in [6.45, 7) is 3.85. The maximum absolute atomic E-state index is 12.5. The number of esters is 1. The van der Waals surface area contributed by atoms with Crippen LogP contribution in [-0.2, 0) is 14.3 Å². The Hall–Kier alpha value is -2.78. The quantitative estimate of drug-likeness (QED) is 0.512. The van der Waals surface area contributed by atoms with E-state index in [1.54, 1.807) is 0 Å². The lowest BCUT2D eigenvalue weighted by Crippen LogP contribution is -2.35. The molecule has 0 N–H and O–H groups in total. The van der Waals surface area contributed by atoms with E-state index in [4.69, 9.17) is 10.00 Å². The van der Waals surface area contributed by atoms with Crippen LogP contribution in [0.1, 0.15) is 17.5 Å². The van der Waals surface area contributed by atoms with E-state index in [0.29, 0.717) is 5.69 Å². The molecule has 0 heterocycles. The van der Waals surface area contributed by atoms with E-state index >= 15 is 0 Å². The summed E-state index contributed by atoms with van der Waals surface area (Å²) in [6, 6.07) is 17.2. The van der Waals surface area contributed by atoms with E-state index in [-0.39, 0.29) is 31.2 Å². The van der Waals surface area contributed by atoms with Gasteiger partial charge in [0.1, 0.15) is 0 Å². The van der Waals surface area contributed by atoms with Gasteiger partial charge in [0.15, 0.2) is 6.61 Å². The molecule has 6 heteroatoms. The second kappa shape index (κ2) is 10.4. The molecule has 0 aliphatic heterocycles. The molecule has 2 aromatic rings. The Morgan fingerprint density at radius 3 is 2.48 bits per heavy atom. The zero-order chi connectivity index (χ0) is 19.6. The largest absolute Gasteiger partial charge is 0.455 e. The van der Waals surface area contributed by atoms with Crippen molar-refractivity contribution in [3.8, 4) is 6.07 Å². The highest BCUT2D eigenvalue weighted by Gasteiger charge is 2.17. The molecular weight excluding hydrogens is 360 g/mol. The van der Waals surface area contributed by atoms with Crippen molar-refractivity contribution in [2.45, 2.75) is 25.2 Å². The van der Waals surface area contributed by atoms with Crippen molar-refractivity contribution in [3.05, 3.63) is 59.7 Å². The topological polar surface area (TPSA) is 70.4 Å². The number of nitrogens with zero attached hydrogens (tertiary/aromatic N) is 2. The number of nitriles is 1. The van der Waals surface area contributed by atoms with Gasteiger partial charge in [-0.1, -0.05) is 35.9 Å². The first-order valence-corrected chi connectivity index (χ1v) is 9.58. The summed E-state index contributed by atoms with van der Waals surface area (Å²) in [7, 11) is 0. The molecule has 2 rings (SSSR count). The van der Waals surface area contributed by atoms with Gasteiger partial charge in [0, 0.05) is 17.1 Å². The summed E-state index contributed by atoms with van der Waals surface area (Å²) < 4.78 is 5.14. The molecule has 0 unspecified atom stereocenters. The molecular formula is C21H22N2O3S. The van der Waals surface area contributed by atoms with Crippen molar-refractivity contribution in [1.82, 2.24) is 0 Å². The minimum atomic E-state index is -0.444. The van der Waals surface area contributed by atoms with Gasteiger partial charge in [-0.3, -0.25) is 9.59 Å². The number of carbonyl (C=O) groups is 2. The van der Waals surface area contributed by atoms with Crippen LogP contribution in [0.5, 0.6) is 0 Å². The van der Waals surface area contributed by atoms with E-state index in [1.165, 1.54) is 16.7 Å². The van der Waals surface area contributed by atoms with Crippen LogP contribution in [0, 0.1) is 25.2 Å². The second-order valence-electron chi connectivity index (χ2n) is 6.00. The zero-order valence-corrected chi connectivity index (χ0v) is 16.3. The van der Waals surface area contributed by atoms with Gasteiger partial charge in [0.05, 0.1) is 18.2 Å². The highest BCUT2D eigenvalue weighted by Crippen LogP contribution is 2.22. The Morgan fingerprint density at radius 2 is 1.81 bits per heavy atom. The van der Waals surface area contributed by atoms with Crippen molar-refractivity contribution in [3.63, 3.8) is 0 Å². The number of anilines is 1. The zero-order valence-electron chi connectivity index (χ0n) is 15.5. The highest BCUT2D eigenvalue weighted by molar-refractivity contribution is 8.00. The van der Waals surface area contributed by atoms with E-state index < -0.39 is 5.97 Å². The number of hydrogen-bond acceptors (Lipinski definition) is 5. The maximum atomic E-state index is 12.5. The Labute approximate surface area is 163 Å². The minimum absolute atomic E-state index is 0.140. The van der Waals surface area contributed by atoms with Gasteiger partial charge in [-0.25, -0.2) is 0 Å². The summed E-state index contributed by atoms with van der Waals surface area (Å²) >= 11 is 1.38. The Balaban J connectivity index is 1.90. The lowest BCUT2D eigenvalue weighted by atomic mass is 10.2. The number of rotatable bonds is 8. The number of carbonyl (C=O) groups excluding carboxylic acids is 2. The molecule has 0 bridgehead atoms. The monoisotopic (exact) mass is 382 g/mol. The number of hydrogen-bond donors (Lipinski definition) is 0. The Bertz CT molecular complexity index is 828. The summed E-state index contributed by atoms with van der Waals surface area (Å²) in [4.78, 5) is 27.0. The Morgan fingerprint density at radius 1 is 1.11 bits per heavy atom. The van der Waals surface area contributed by atoms with Crippen LogP contribution < -0.4 is 4.90 Å². The van der Waals surface area contributed by atoms with Gasteiger partial charge in [-0.2, -0.15) is 5.26 Å². The standard InChI is InChI=1S/C21H22N2O3S/c1-16-8-10-18(11-9-16)23(13-5-12-22)20(24)14-26-21(25)15-27-19-7-4-3-6-17(19)2/h3-4,6-11H,5,13-15H2,1-2H3. The fraction of sp³-hybridized carbons (Fsp3) is 0.286. The van der Waals surface area contributed by atoms with Crippen LogP contribution in [0.4, 0.5) is 5.69 Å². The van der Waals surface area contributed by atoms with Crippen molar-refractivity contribution in [2.24, 2.45) is 0 Å². The lowest BCUT2D eigenvalue weighted by Gasteiger charge is -2.21. The summed E-state index contributed by atoms with van der Waals surface area (Å²) in [5, 5.41) is 8.83. The van der Waals surface area contributed by atoms with Crippen LogP contribution in [0.3, 0.4) is 0 Å². The van der Waals surface area contributed by atoms with Gasteiger partial charge < -0.3 is 9.64 Å². The van der Waals surface area contributed by atoms with Crippen LogP contribution >= 0.6 is 11.8 Å². The molecule has 0 aliphatic rings. The molecule has 2 aromatic carbocycles.